The van der Waals surface area contributed by atoms with Crippen LogP contribution in [0.25, 0.3) is 5.69 Å². The molecule has 8 nitrogen and oxygen atoms in total. The summed E-state index contributed by atoms with van der Waals surface area (Å²) in [6.45, 7) is 2.76. The smallest absolute Gasteiger partial charge is 0.315 e. The summed E-state index contributed by atoms with van der Waals surface area (Å²) in [4.78, 5) is 39.5. The zero-order valence-electron chi connectivity index (χ0n) is 18.5. The molecule has 1 aliphatic carbocycles. The Morgan fingerprint density at radius 2 is 1.56 bits per heavy atom. The molecule has 170 valence electrons. The molecule has 0 bridgehead atoms. The topological polar surface area (TPSA) is 96.3 Å². The average Bonchev–Trinajstić information content (AvgIpc) is 2.80. The molecule has 0 spiro atoms. The molecule has 2 fully saturated rings. The fourth-order valence-corrected chi connectivity index (χ4v) is 4.56. The molecule has 2 N–H and O–H groups in total. The van der Waals surface area contributed by atoms with Gasteiger partial charge in [0.15, 0.2) is 5.69 Å². The number of likely N-dealkylation sites (tertiary alicyclic amines) is 1. The van der Waals surface area contributed by atoms with Crippen molar-refractivity contribution in [3.63, 3.8) is 0 Å². The molecule has 32 heavy (non-hydrogen) atoms. The lowest BCUT2D eigenvalue weighted by Gasteiger charge is -2.32. The van der Waals surface area contributed by atoms with Crippen molar-refractivity contribution < 1.29 is 9.59 Å². The third-order valence-corrected chi connectivity index (χ3v) is 6.37. The van der Waals surface area contributed by atoms with E-state index >= 15 is 0 Å². The summed E-state index contributed by atoms with van der Waals surface area (Å²) in [7, 11) is 0. The number of hydrogen-bond donors (Lipinski definition) is 2. The molecule has 1 aromatic carbocycles. The molecule has 2 heterocycles. The number of nitrogens with zero attached hydrogens (tertiary/aromatic N) is 3. The molecule has 1 saturated carbocycles. The van der Waals surface area contributed by atoms with Crippen molar-refractivity contribution in [3.05, 3.63) is 58.0 Å². The van der Waals surface area contributed by atoms with Gasteiger partial charge in [0, 0.05) is 36.9 Å². The number of benzene rings is 1. The second-order valence-corrected chi connectivity index (χ2v) is 8.77. The van der Waals surface area contributed by atoms with Gasteiger partial charge in [-0.05, 0) is 44.7 Å². The lowest BCUT2D eigenvalue weighted by molar-refractivity contribution is 0.0698. The molecule has 2 aliphatic rings. The minimum Gasteiger partial charge on any atom is -0.337 e. The van der Waals surface area contributed by atoms with Crippen LogP contribution in [0.1, 0.15) is 61.1 Å². The van der Waals surface area contributed by atoms with Gasteiger partial charge < -0.3 is 15.5 Å². The molecule has 8 heteroatoms. The Morgan fingerprint density at radius 3 is 2.22 bits per heavy atom. The van der Waals surface area contributed by atoms with E-state index in [4.69, 9.17) is 0 Å². The normalized spacial score (nSPS) is 17.7. The number of aryl methyl sites for hydroxylation is 1. The van der Waals surface area contributed by atoms with E-state index < -0.39 is 0 Å². The van der Waals surface area contributed by atoms with Crippen molar-refractivity contribution >= 4 is 11.9 Å². The number of hydrogen-bond acceptors (Lipinski definition) is 4. The molecule has 0 unspecified atom stereocenters. The van der Waals surface area contributed by atoms with Crippen molar-refractivity contribution in [3.8, 4) is 5.69 Å². The Hall–Kier alpha value is -3.16. The number of aromatic nitrogens is 2. The zero-order valence-corrected chi connectivity index (χ0v) is 18.5. The SMILES string of the molecule is Cc1cc(=O)c(C(=O)N2CCC(NC(=O)NC3CCCCC3)CC2)nn1-c1ccccc1. The van der Waals surface area contributed by atoms with Crippen LogP contribution in [0.4, 0.5) is 4.79 Å². The van der Waals surface area contributed by atoms with E-state index in [9.17, 15) is 14.4 Å². The van der Waals surface area contributed by atoms with E-state index in [1.54, 1.807) is 16.5 Å². The van der Waals surface area contributed by atoms with E-state index in [1.807, 2.05) is 30.3 Å². The lowest BCUT2D eigenvalue weighted by Crippen LogP contribution is -2.51. The second-order valence-electron chi connectivity index (χ2n) is 8.77. The first kappa shape index (κ1) is 22.0. The standard InChI is InChI=1S/C24H31N5O3/c1-17-16-21(30)22(27-29(17)20-10-6-3-7-11-20)23(31)28-14-12-19(13-15-28)26-24(32)25-18-8-4-2-5-9-18/h3,6-7,10-11,16,18-19H,2,4-5,8-9,12-15H2,1H3,(H2,25,26,32). The maximum absolute atomic E-state index is 13.1. The molecular formula is C24H31N5O3. The van der Waals surface area contributed by atoms with Gasteiger partial charge in [-0.25, -0.2) is 9.48 Å². The quantitative estimate of drug-likeness (QED) is 0.769. The van der Waals surface area contributed by atoms with Gasteiger partial charge in [-0.1, -0.05) is 37.5 Å². The Labute approximate surface area is 188 Å². The highest BCUT2D eigenvalue weighted by Crippen LogP contribution is 2.18. The lowest BCUT2D eigenvalue weighted by atomic mass is 9.96. The first-order valence-corrected chi connectivity index (χ1v) is 11.5. The minimum absolute atomic E-state index is 0.0228. The Kier molecular flexibility index (Phi) is 6.87. The minimum atomic E-state index is -0.369. The first-order chi connectivity index (χ1) is 15.5. The fourth-order valence-electron chi connectivity index (χ4n) is 4.56. The Morgan fingerprint density at radius 1 is 0.938 bits per heavy atom. The van der Waals surface area contributed by atoms with Gasteiger partial charge in [0.1, 0.15) is 0 Å². The van der Waals surface area contributed by atoms with Gasteiger partial charge in [0.25, 0.3) is 5.91 Å². The summed E-state index contributed by atoms with van der Waals surface area (Å²) < 4.78 is 1.62. The van der Waals surface area contributed by atoms with Crippen LogP contribution >= 0.6 is 0 Å². The van der Waals surface area contributed by atoms with Crippen LogP contribution in [0.3, 0.4) is 0 Å². The summed E-state index contributed by atoms with van der Waals surface area (Å²) in [5.74, 6) is -0.357. The summed E-state index contributed by atoms with van der Waals surface area (Å²) in [5.41, 5.74) is 1.03. The van der Waals surface area contributed by atoms with Crippen LogP contribution in [-0.2, 0) is 0 Å². The third kappa shape index (κ3) is 5.18. The Bertz CT molecular complexity index is 1010. The first-order valence-electron chi connectivity index (χ1n) is 11.5. The summed E-state index contributed by atoms with van der Waals surface area (Å²) in [5, 5.41) is 10.5. The zero-order chi connectivity index (χ0) is 22.5. The number of nitrogens with one attached hydrogen (secondary N) is 2. The molecule has 0 radical (unpaired) electrons. The Balaban J connectivity index is 1.36. The number of carbonyl (C=O) groups excluding carboxylic acids is 2. The number of rotatable bonds is 4. The van der Waals surface area contributed by atoms with E-state index in [2.05, 4.69) is 15.7 Å². The third-order valence-electron chi connectivity index (χ3n) is 6.37. The molecule has 0 atom stereocenters. The van der Waals surface area contributed by atoms with E-state index in [1.165, 1.54) is 25.3 Å². The van der Waals surface area contributed by atoms with Crippen LogP contribution < -0.4 is 16.1 Å². The van der Waals surface area contributed by atoms with Crippen molar-refractivity contribution in [1.82, 2.24) is 25.3 Å². The van der Waals surface area contributed by atoms with E-state index in [0.717, 1.165) is 18.5 Å². The van der Waals surface area contributed by atoms with Crippen LogP contribution in [0.15, 0.2) is 41.2 Å². The predicted molar refractivity (Wildman–Crippen MR) is 122 cm³/mol. The van der Waals surface area contributed by atoms with Crippen LogP contribution in [0.2, 0.25) is 0 Å². The van der Waals surface area contributed by atoms with Gasteiger partial charge in [-0.15, -0.1) is 0 Å². The second kappa shape index (κ2) is 9.97. The predicted octanol–water partition coefficient (Wildman–Crippen LogP) is 2.78. The number of para-hydroxylation sites is 1. The van der Waals surface area contributed by atoms with Crippen LogP contribution in [0.5, 0.6) is 0 Å². The van der Waals surface area contributed by atoms with Crippen LogP contribution in [0, 0.1) is 6.92 Å². The van der Waals surface area contributed by atoms with Gasteiger partial charge in [-0.2, -0.15) is 5.10 Å². The maximum atomic E-state index is 13.1. The van der Waals surface area contributed by atoms with Crippen molar-refractivity contribution in [2.75, 3.05) is 13.1 Å². The van der Waals surface area contributed by atoms with Gasteiger partial charge in [0.2, 0.25) is 5.43 Å². The summed E-state index contributed by atoms with van der Waals surface area (Å²) in [6.07, 6.45) is 6.99. The summed E-state index contributed by atoms with van der Waals surface area (Å²) in [6, 6.07) is 11.1. The molecule has 4 rings (SSSR count). The number of amides is 3. The van der Waals surface area contributed by atoms with Crippen LogP contribution in [-0.4, -0.2) is 51.8 Å². The van der Waals surface area contributed by atoms with Gasteiger partial charge in [-0.3, -0.25) is 9.59 Å². The van der Waals surface area contributed by atoms with Gasteiger partial charge in [0.05, 0.1) is 5.69 Å². The van der Waals surface area contributed by atoms with E-state index in [0.29, 0.717) is 31.6 Å². The van der Waals surface area contributed by atoms with Gasteiger partial charge >= 0.3 is 6.03 Å². The highest BCUT2D eigenvalue weighted by atomic mass is 16.2. The molecular weight excluding hydrogens is 406 g/mol. The number of urea groups is 1. The highest BCUT2D eigenvalue weighted by Gasteiger charge is 2.28. The molecule has 2 aromatic rings. The fraction of sp³-hybridized carbons (Fsp3) is 0.500. The van der Waals surface area contributed by atoms with Crippen molar-refractivity contribution in [2.45, 2.75) is 64.0 Å². The molecule has 3 amide bonds. The van der Waals surface area contributed by atoms with E-state index in [-0.39, 0.29) is 35.1 Å². The number of carbonyl (C=O) groups is 2. The molecule has 1 aromatic heterocycles. The van der Waals surface area contributed by atoms with Crippen molar-refractivity contribution in [2.24, 2.45) is 0 Å². The summed E-state index contributed by atoms with van der Waals surface area (Å²) >= 11 is 0. The van der Waals surface area contributed by atoms with Crippen molar-refractivity contribution in [1.29, 1.82) is 0 Å². The maximum Gasteiger partial charge on any atom is 0.315 e. The highest BCUT2D eigenvalue weighted by molar-refractivity contribution is 5.92. The molecule has 1 aliphatic heterocycles. The monoisotopic (exact) mass is 437 g/mol. The number of piperidine rings is 1. The average molecular weight is 438 g/mol. The largest absolute Gasteiger partial charge is 0.337 e. The molecule has 1 saturated heterocycles.